The molecule has 0 radical (unpaired) electrons. The van der Waals surface area contributed by atoms with Gasteiger partial charge in [-0.05, 0) is 73.7 Å². The van der Waals surface area contributed by atoms with Crippen LogP contribution in [0.1, 0.15) is 34.7 Å². The molecule has 0 aromatic heterocycles. The third kappa shape index (κ3) is 6.07. The first kappa shape index (κ1) is 29.3. The molecule has 40 heavy (non-hydrogen) atoms. The number of carbonyl (C=O) groups excluding carboxylic acids is 1. The van der Waals surface area contributed by atoms with Gasteiger partial charge in [-0.3, -0.25) is 9.63 Å². The van der Waals surface area contributed by atoms with Gasteiger partial charge >= 0.3 is 0 Å². The van der Waals surface area contributed by atoms with Crippen LogP contribution in [0.4, 0.5) is 0 Å². The summed E-state index contributed by atoms with van der Waals surface area (Å²) in [6.07, 6.45) is -1.39. The number of nitrogens with one attached hydrogen (secondary N) is 1. The molecule has 10 nitrogen and oxygen atoms in total. The molecule has 1 aliphatic rings. The molecule has 214 valence electrons. The predicted octanol–water partition coefficient (Wildman–Crippen LogP) is 3.54. The number of aryl methyl sites for hydroxylation is 1. The number of amides is 1. The van der Waals surface area contributed by atoms with Crippen LogP contribution < -0.4 is 19.7 Å². The van der Waals surface area contributed by atoms with Crippen molar-refractivity contribution in [2.24, 2.45) is 0 Å². The van der Waals surface area contributed by atoms with Crippen molar-refractivity contribution < 1.29 is 37.4 Å². The van der Waals surface area contributed by atoms with E-state index in [4.69, 9.17) is 19.0 Å². The second-order valence-corrected chi connectivity index (χ2v) is 11.5. The molecule has 2 N–H and O–H groups in total. The summed E-state index contributed by atoms with van der Waals surface area (Å²) in [6, 6.07) is 14.3. The summed E-state index contributed by atoms with van der Waals surface area (Å²) >= 11 is 0. The number of hydrogen-bond donors (Lipinski definition) is 2. The van der Waals surface area contributed by atoms with Crippen LogP contribution in [0.15, 0.2) is 59.5 Å². The minimum absolute atomic E-state index is 0.0372. The zero-order valence-electron chi connectivity index (χ0n) is 23.1. The Morgan fingerprint density at radius 3 is 2.40 bits per heavy atom. The summed E-state index contributed by atoms with van der Waals surface area (Å²) < 4.78 is 46.1. The number of aliphatic hydroxyl groups excluding tert-OH is 1. The van der Waals surface area contributed by atoms with Gasteiger partial charge in [0.1, 0.15) is 11.8 Å². The van der Waals surface area contributed by atoms with Crippen molar-refractivity contribution in [3.8, 4) is 17.2 Å². The molecule has 0 aliphatic carbocycles. The van der Waals surface area contributed by atoms with Crippen molar-refractivity contribution in [2.75, 3.05) is 13.9 Å². The number of aliphatic hydroxyl groups is 1. The fourth-order valence-corrected chi connectivity index (χ4v) is 6.85. The number of carbonyl (C=O) groups is 1. The molecular weight excluding hydrogens is 536 g/mol. The summed E-state index contributed by atoms with van der Waals surface area (Å²) in [4.78, 5) is 18.9. The lowest BCUT2D eigenvalue weighted by molar-refractivity contribution is -0.142. The molecule has 1 heterocycles. The Kier molecular flexibility index (Phi) is 8.99. The average molecular weight is 571 g/mol. The van der Waals surface area contributed by atoms with Crippen LogP contribution in [-0.2, 0) is 32.8 Å². The van der Waals surface area contributed by atoms with Gasteiger partial charge in [-0.2, -0.15) is 4.31 Å². The Labute approximate surface area is 234 Å². The number of ether oxygens (including phenoxy) is 3. The Hall–Kier alpha value is -3.64. The first-order valence-corrected chi connectivity index (χ1v) is 14.2. The van der Waals surface area contributed by atoms with Gasteiger partial charge in [-0.25, -0.2) is 13.9 Å². The molecule has 0 unspecified atom stereocenters. The van der Waals surface area contributed by atoms with E-state index >= 15 is 0 Å². The number of rotatable bonds is 11. The van der Waals surface area contributed by atoms with E-state index < -0.39 is 28.1 Å². The molecule has 3 aromatic rings. The lowest BCUT2D eigenvalue weighted by atomic mass is 10.1. The molecule has 3 aromatic carbocycles. The number of fused-ring (bicyclic) bond motifs is 1. The summed E-state index contributed by atoms with van der Waals surface area (Å²) in [5.41, 5.74) is 5.26. The first-order valence-electron chi connectivity index (χ1n) is 12.7. The second-order valence-electron chi connectivity index (χ2n) is 9.64. The van der Waals surface area contributed by atoms with Crippen molar-refractivity contribution in [3.63, 3.8) is 0 Å². The van der Waals surface area contributed by atoms with Crippen LogP contribution in [0.5, 0.6) is 17.2 Å². The normalized spacial score (nSPS) is 14.2. The van der Waals surface area contributed by atoms with E-state index in [2.05, 4.69) is 5.48 Å². The number of benzene rings is 3. The zero-order chi connectivity index (χ0) is 29.0. The van der Waals surface area contributed by atoms with Crippen molar-refractivity contribution in [1.29, 1.82) is 0 Å². The second kappa shape index (κ2) is 12.3. The summed E-state index contributed by atoms with van der Waals surface area (Å²) in [5.74, 6) is 0.743. The molecule has 0 bridgehead atoms. The van der Waals surface area contributed by atoms with E-state index in [1.54, 1.807) is 45.0 Å². The molecule has 0 spiro atoms. The van der Waals surface area contributed by atoms with Gasteiger partial charge in [-0.1, -0.05) is 36.4 Å². The van der Waals surface area contributed by atoms with Crippen LogP contribution in [0, 0.1) is 20.8 Å². The lowest BCUT2D eigenvalue weighted by Crippen LogP contribution is -2.54. The van der Waals surface area contributed by atoms with E-state index in [0.717, 1.165) is 9.87 Å². The number of hydrogen-bond acceptors (Lipinski definition) is 8. The van der Waals surface area contributed by atoms with Crippen LogP contribution in [0.2, 0.25) is 0 Å². The number of nitrogens with zero attached hydrogens (tertiary/aromatic N) is 1. The highest BCUT2D eigenvalue weighted by Crippen LogP contribution is 2.36. The Bertz CT molecular complexity index is 1480. The maximum Gasteiger partial charge on any atom is 0.264 e. The van der Waals surface area contributed by atoms with E-state index in [-0.39, 0.29) is 24.8 Å². The van der Waals surface area contributed by atoms with E-state index in [1.807, 2.05) is 30.3 Å². The van der Waals surface area contributed by atoms with Gasteiger partial charge in [0.25, 0.3) is 5.91 Å². The summed E-state index contributed by atoms with van der Waals surface area (Å²) in [7, 11) is -2.84. The molecule has 1 aliphatic heterocycles. The number of sulfonamides is 1. The van der Waals surface area contributed by atoms with E-state index in [0.29, 0.717) is 39.5 Å². The fourth-order valence-electron chi connectivity index (χ4n) is 4.72. The predicted molar refractivity (Wildman–Crippen MR) is 147 cm³/mol. The van der Waals surface area contributed by atoms with Crippen molar-refractivity contribution in [3.05, 3.63) is 82.4 Å². The Morgan fingerprint density at radius 1 is 1.02 bits per heavy atom. The number of methoxy groups -OCH3 is 1. The minimum Gasteiger partial charge on any atom is -0.496 e. The zero-order valence-corrected chi connectivity index (χ0v) is 23.9. The van der Waals surface area contributed by atoms with Gasteiger partial charge in [0.2, 0.25) is 16.8 Å². The summed E-state index contributed by atoms with van der Waals surface area (Å²) in [6.45, 7) is 6.38. The Morgan fingerprint density at radius 2 is 1.73 bits per heavy atom. The van der Waals surface area contributed by atoms with Crippen LogP contribution >= 0.6 is 0 Å². The smallest absolute Gasteiger partial charge is 0.264 e. The number of hydroxylamine groups is 1. The van der Waals surface area contributed by atoms with Gasteiger partial charge in [0.05, 0.1) is 24.7 Å². The third-order valence-corrected chi connectivity index (χ3v) is 8.95. The molecule has 0 fully saturated rings. The highest BCUT2D eigenvalue weighted by molar-refractivity contribution is 7.89. The van der Waals surface area contributed by atoms with Crippen molar-refractivity contribution >= 4 is 15.9 Å². The minimum atomic E-state index is -4.36. The molecular formula is C29H34N2O8S. The largest absolute Gasteiger partial charge is 0.496 e. The van der Waals surface area contributed by atoms with Gasteiger partial charge in [0.15, 0.2) is 11.5 Å². The topological polar surface area (TPSA) is 124 Å². The van der Waals surface area contributed by atoms with Crippen LogP contribution in [0.25, 0.3) is 0 Å². The molecule has 4 rings (SSSR count). The highest BCUT2D eigenvalue weighted by Gasteiger charge is 2.41. The molecule has 1 amide bonds. The van der Waals surface area contributed by atoms with Crippen molar-refractivity contribution in [1.82, 2.24) is 9.79 Å². The Balaban J connectivity index is 1.74. The monoisotopic (exact) mass is 570 g/mol. The average Bonchev–Trinajstić information content (AvgIpc) is 3.38. The molecule has 0 saturated carbocycles. The van der Waals surface area contributed by atoms with Crippen molar-refractivity contribution in [2.45, 2.75) is 57.9 Å². The first-order chi connectivity index (χ1) is 19.0. The van der Waals surface area contributed by atoms with E-state index in [1.165, 1.54) is 14.0 Å². The highest BCUT2D eigenvalue weighted by atomic mass is 32.2. The van der Waals surface area contributed by atoms with Gasteiger partial charge in [-0.15, -0.1) is 0 Å². The molecule has 11 heteroatoms. The quantitative estimate of drug-likeness (QED) is 0.336. The van der Waals surface area contributed by atoms with Crippen LogP contribution in [-0.4, -0.2) is 49.8 Å². The fraction of sp³-hybridized carbons (Fsp3) is 0.345. The maximum absolute atomic E-state index is 14.4. The maximum atomic E-state index is 14.4. The SMILES string of the molecule is COc1cc(C)c(S(=O)(=O)N(Cc2ccc3c(c2)OCO3)[C@@H](C(=O)NOCc2ccccc2)[C@@H](C)O)c(C)c1C. The molecule has 0 saturated heterocycles. The lowest BCUT2D eigenvalue weighted by Gasteiger charge is -2.33. The standard InChI is InChI=1S/C29H34N2O8S/c1-18-13-25(36-5)19(2)20(3)28(18)40(34,35)31(15-23-11-12-24-26(14-23)38-17-37-24)27(21(4)32)29(33)30-39-16-22-9-7-6-8-10-22/h6-14,21,27,32H,15-17H2,1-5H3,(H,30,33)/t21-,27-/m1/s1. The van der Waals surface area contributed by atoms with Gasteiger partial charge in [0, 0.05) is 6.54 Å². The summed E-state index contributed by atoms with van der Waals surface area (Å²) in [5, 5.41) is 10.8. The molecule has 2 atom stereocenters. The van der Waals surface area contributed by atoms with Gasteiger partial charge < -0.3 is 19.3 Å². The van der Waals surface area contributed by atoms with E-state index in [9.17, 15) is 18.3 Å². The third-order valence-electron chi connectivity index (χ3n) is 6.83. The van der Waals surface area contributed by atoms with Crippen LogP contribution in [0.3, 0.4) is 0 Å².